The van der Waals surface area contributed by atoms with Crippen LogP contribution in [0.2, 0.25) is 0 Å². The van der Waals surface area contributed by atoms with Crippen LogP contribution in [0.4, 0.5) is 11.4 Å². The largest absolute Gasteiger partial charge is 0.394 e. The Balaban J connectivity index is 1.50. The van der Waals surface area contributed by atoms with Gasteiger partial charge in [0.15, 0.2) is 11.6 Å². The fraction of sp³-hybridized carbons (Fsp3) is 0.500. The quantitative estimate of drug-likeness (QED) is 0.102. The number of non-ortho nitro benzene ring substituents is 2. The van der Waals surface area contributed by atoms with Gasteiger partial charge in [-0.2, -0.15) is 0 Å². The molecule has 244 valence electrons. The zero-order valence-electron chi connectivity index (χ0n) is 23.5. The highest BCUT2D eigenvalue weighted by atomic mass is 32.2. The number of carbonyl (C=O) groups excluding carboxylic acids is 2. The van der Waals surface area contributed by atoms with Gasteiger partial charge in [-0.1, -0.05) is 11.8 Å². The second-order valence-electron chi connectivity index (χ2n) is 10.7. The van der Waals surface area contributed by atoms with Crippen molar-refractivity contribution in [2.75, 3.05) is 13.2 Å². The smallest absolute Gasteiger partial charge is 0.269 e. The summed E-state index contributed by atoms with van der Waals surface area (Å²) in [6.45, 7) is -1.41. The average molecular weight is 653 g/mol. The molecule has 0 spiro atoms. The van der Waals surface area contributed by atoms with E-state index in [0.29, 0.717) is 11.8 Å². The van der Waals surface area contributed by atoms with Gasteiger partial charge in [-0.15, -0.1) is 0 Å². The van der Waals surface area contributed by atoms with Crippen molar-refractivity contribution in [2.24, 2.45) is 11.8 Å². The summed E-state index contributed by atoms with van der Waals surface area (Å²) in [5.41, 5.74) is -2.91. The van der Waals surface area contributed by atoms with Crippen LogP contribution in [0, 0.1) is 32.1 Å². The summed E-state index contributed by atoms with van der Waals surface area (Å²) < 4.78 is 11.3. The summed E-state index contributed by atoms with van der Waals surface area (Å²) in [5, 5.41) is 85.4. The minimum absolute atomic E-state index is 0.0857. The molecule has 2 fully saturated rings. The molecule has 0 radical (unpaired) electrons. The molecule has 6 N–H and O–H groups in total. The lowest BCUT2D eigenvalue weighted by atomic mass is 9.84. The minimum atomic E-state index is -1.56. The zero-order valence-corrected chi connectivity index (χ0v) is 24.3. The lowest BCUT2D eigenvalue weighted by Crippen LogP contribution is -2.58. The molecule has 0 aliphatic carbocycles. The lowest BCUT2D eigenvalue weighted by Gasteiger charge is -2.46. The van der Waals surface area contributed by atoms with Crippen molar-refractivity contribution >= 4 is 34.7 Å². The van der Waals surface area contributed by atoms with E-state index in [2.05, 4.69) is 0 Å². The maximum atomic E-state index is 13.0. The second-order valence-corrected chi connectivity index (χ2v) is 11.9. The van der Waals surface area contributed by atoms with Crippen LogP contribution >= 0.6 is 11.8 Å². The Morgan fingerprint density at radius 1 is 0.644 bits per heavy atom. The minimum Gasteiger partial charge on any atom is -0.394 e. The third-order valence-electron chi connectivity index (χ3n) is 7.96. The van der Waals surface area contributed by atoms with Crippen LogP contribution in [0.25, 0.3) is 0 Å². The molecule has 2 aliphatic heterocycles. The number of hydrogen-bond donors (Lipinski definition) is 6. The van der Waals surface area contributed by atoms with Gasteiger partial charge >= 0.3 is 0 Å². The Bertz CT molecular complexity index is 1270. The fourth-order valence-corrected chi connectivity index (χ4v) is 6.77. The number of rotatable bonds is 12. The second kappa shape index (κ2) is 14.8. The van der Waals surface area contributed by atoms with Crippen LogP contribution in [0.5, 0.6) is 0 Å². The van der Waals surface area contributed by atoms with Crippen molar-refractivity contribution in [3.63, 3.8) is 0 Å². The summed E-state index contributed by atoms with van der Waals surface area (Å²) in [6, 6.07) is 9.48. The van der Waals surface area contributed by atoms with E-state index in [0.717, 1.165) is 24.3 Å². The van der Waals surface area contributed by atoms with E-state index in [-0.39, 0.29) is 22.5 Å². The van der Waals surface area contributed by atoms with Crippen LogP contribution in [-0.4, -0.2) is 113 Å². The number of benzene rings is 2. The lowest BCUT2D eigenvalue weighted by molar-refractivity contribution is -0.385. The van der Waals surface area contributed by atoms with Gasteiger partial charge in [-0.25, -0.2) is 0 Å². The molecule has 4 unspecified atom stereocenters. The Morgan fingerprint density at radius 3 is 1.27 bits per heavy atom. The summed E-state index contributed by atoms with van der Waals surface area (Å²) in [7, 11) is 0. The van der Waals surface area contributed by atoms with E-state index in [1.807, 2.05) is 0 Å². The van der Waals surface area contributed by atoms with Gasteiger partial charge < -0.3 is 40.1 Å². The Kier molecular flexibility index (Phi) is 11.3. The molecule has 16 nitrogen and oxygen atoms in total. The first kappa shape index (κ1) is 34.5. The molecule has 0 saturated carbocycles. The number of hydrogen-bond acceptors (Lipinski definition) is 15. The molecular formula is C28H32N2O14S. The molecule has 0 aromatic heterocycles. The van der Waals surface area contributed by atoms with Crippen molar-refractivity contribution in [1.82, 2.24) is 0 Å². The number of thioether (sulfide) groups is 1. The third-order valence-corrected chi connectivity index (χ3v) is 9.28. The maximum Gasteiger partial charge on any atom is 0.269 e. The van der Waals surface area contributed by atoms with Crippen LogP contribution in [-0.2, 0) is 9.47 Å². The number of Topliss-reactive ketones (excluding diaryl/α,β-unsaturated/α-hetero) is 2. The molecule has 2 aromatic carbocycles. The van der Waals surface area contributed by atoms with E-state index in [1.165, 1.54) is 24.3 Å². The van der Waals surface area contributed by atoms with E-state index in [1.54, 1.807) is 0 Å². The number of nitrogens with zero attached hydrogens (tertiary/aromatic N) is 2. The number of nitro benzene ring substituents is 2. The first-order chi connectivity index (χ1) is 21.4. The van der Waals surface area contributed by atoms with Crippen LogP contribution in [0.15, 0.2) is 48.5 Å². The summed E-state index contributed by atoms with van der Waals surface area (Å²) in [6.07, 6.45) is -9.53. The molecule has 2 heterocycles. The molecule has 0 amide bonds. The number of carbonyl (C=O) groups is 2. The summed E-state index contributed by atoms with van der Waals surface area (Å²) >= 11 is 0.702. The van der Waals surface area contributed by atoms with Gasteiger partial charge in [-0.05, 0) is 24.3 Å². The van der Waals surface area contributed by atoms with Gasteiger partial charge in [0, 0.05) is 60.1 Å². The summed E-state index contributed by atoms with van der Waals surface area (Å²) in [5.74, 6) is -3.48. The van der Waals surface area contributed by atoms with Crippen LogP contribution in [0.1, 0.15) is 33.6 Å². The molecule has 2 aromatic rings. The normalized spacial score (nSPS) is 31.7. The highest BCUT2D eigenvalue weighted by Gasteiger charge is 2.50. The first-order valence-corrected chi connectivity index (χ1v) is 14.8. The molecular weight excluding hydrogens is 620 g/mol. The van der Waals surface area contributed by atoms with Gasteiger partial charge in [-0.3, -0.25) is 29.8 Å². The SMILES string of the molecule is O=C(CC1C(O)[C@H](S[C@@H]2OC(CO)[C@H](O)[C@H](CC(=O)c3ccc([N+](=O)[O-])cc3)C2O)O[C@H](CO)[C@@H]1O)c1ccc([N+](=O)[O-])cc1. The number of nitro groups is 2. The van der Waals surface area contributed by atoms with Gasteiger partial charge in [0.1, 0.15) is 23.1 Å². The van der Waals surface area contributed by atoms with Crippen molar-refractivity contribution < 1.29 is 59.5 Å². The molecule has 17 heteroatoms. The third kappa shape index (κ3) is 7.71. The van der Waals surface area contributed by atoms with Gasteiger partial charge in [0.05, 0.1) is 47.5 Å². The average Bonchev–Trinajstić information content (AvgIpc) is 3.03. The van der Waals surface area contributed by atoms with Crippen LogP contribution in [0.3, 0.4) is 0 Å². The standard InChI is InChI=1S/C28H32N2O14S/c31-11-21-23(35)17(9-19(33)13-1-5-15(6-2-13)29(39)40)25(37)27(43-21)45-28-26(38)18(24(36)22(12-32)44-28)10-20(34)14-3-7-16(8-4-14)30(41)42/h1-8,17-18,21-28,31-32,35-38H,9-12H2/t17-,18?,21?,22+,23+,24+,25?,26?,27-,28-/m0/s1. The molecule has 2 saturated heterocycles. The zero-order chi connectivity index (χ0) is 33.0. The first-order valence-electron chi connectivity index (χ1n) is 13.8. The highest BCUT2D eigenvalue weighted by Crippen LogP contribution is 2.41. The van der Waals surface area contributed by atoms with Crippen molar-refractivity contribution in [1.29, 1.82) is 0 Å². The van der Waals surface area contributed by atoms with Crippen LogP contribution < -0.4 is 0 Å². The number of ketones is 2. The van der Waals surface area contributed by atoms with E-state index < -0.39 is 107 Å². The molecule has 2 aliphatic rings. The fourth-order valence-electron chi connectivity index (χ4n) is 5.37. The van der Waals surface area contributed by atoms with Gasteiger partial charge in [0.2, 0.25) is 0 Å². The monoisotopic (exact) mass is 652 g/mol. The Hall–Kier alpha value is -3.39. The predicted molar refractivity (Wildman–Crippen MR) is 154 cm³/mol. The number of ether oxygens (including phenoxy) is 2. The number of aliphatic hydroxyl groups excluding tert-OH is 6. The molecule has 10 atom stereocenters. The van der Waals surface area contributed by atoms with Crippen molar-refractivity contribution in [3.05, 3.63) is 79.9 Å². The maximum absolute atomic E-state index is 13.0. The van der Waals surface area contributed by atoms with E-state index in [4.69, 9.17) is 9.47 Å². The van der Waals surface area contributed by atoms with Gasteiger partial charge in [0.25, 0.3) is 11.4 Å². The molecule has 4 rings (SSSR count). The topological polar surface area (TPSA) is 260 Å². The Morgan fingerprint density at radius 2 is 0.978 bits per heavy atom. The molecule has 45 heavy (non-hydrogen) atoms. The number of aliphatic hydroxyl groups is 6. The highest BCUT2D eigenvalue weighted by molar-refractivity contribution is 8.00. The Labute approximate surface area is 259 Å². The van der Waals surface area contributed by atoms with Crippen molar-refractivity contribution in [3.8, 4) is 0 Å². The van der Waals surface area contributed by atoms with Crippen molar-refractivity contribution in [2.45, 2.75) is 60.3 Å². The van der Waals surface area contributed by atoms with E-state index in [9.17, 15) is 60.5 Å². The summed E-state index contributed by atoms with van der Waals surface area (Å²) in [4.78, 5) is 46.5. The molecule has 0 bridgehead atoms. The predicted octanol–water partition coefficient (Wildman–Crippen LogP) is 0.192. The van der Waals surface area contributed by atoms with E-state index >= 15 is 0 Å².